The van der Waals surface area contributed by atoms with Crippen LogP contribution in [-0.2, 0) is 0 Å². The fraction of sp³-hybridized carbons (Fsp3) is 0.133. The molecule has 0 bridgehead atoms. The van der Waals surface area contributed by atoms with E-state index in [-0.39, 0.29) is 5.56 Å². The predicted molar refractivity (Wildman–Crippen MR) is 82.8 cm³/mol. The molecule has 0 unspecified atom stereocenters. The number of rotatable bonds is 3. The van der Waals surface area contributed by atoms with Crippen molar-refractivity contribution >= 4 is 33.2 Å². The van der Waals surface area contributed by atoms with Crippen molar-refractivity contribution < 1.29 is 9.18 Å². The summed E-state index contributed by atoms with van der Waals surface area (Å²) in [6, 6.07) is 11.8. The van der Waals surface area contributed by atoms with E-state index >= 15 is 0 Å². The number of hydrogen-bond donors (Lipinski definition) is 1. The van der Waals surface area contributed by atoms with Crippen LogP contribution in [0, 0.1) is 5.82 Å². The number of carbonyl (C=O) groups excluding carboxylic acids is 1. The van der Waals surface area contributed by atoms with Crippen LogP contribution in [0.2, 0.25) is 0 Å². The van der Waals surface area contributed by atoms with Crippen molar-refractivity contribution in [1.29, 1.82) is 0 Å². The lowest BCUT2D eigenvalue weighted by molar-refractivity contribution is 0.102. The van der Waals surface area contributed by atoms with Gasteiger partial charge in [0.2, 0.25) is 0 Å². The van der Waals surface area contributed by atoms with Crippen molar-refractivity contribution in [1.82, 2.24) is 0 Å². The van der Waals surface area contributed by atoms with E-state index < -0.39 is 11.7 Å². The van der Waals surface area contributed by atoms with Gasteiger partial charge in [-0.2, -0.15) is 0 Å². The van der Waals surface area contributed by atoms with Gasteiger partial charge in [0, 0.05) is 29.9 Å². The Kier molecular flexibility index (Phi) is 4.39. The number of amides is 1. The average Bonchev–Trinajstić information content (AvgIpc) is 2.39. The summed E-state index contributed by atoms with van der Waals surface area (Å²) in [6.45, 7) is 0. The van der Waals surface area contributed by atoms with E-state index in [1.807, 2.05) is 31.1 Å². The zero-order chi connectivity index (χ0) is 14.7. The Labute approximate surface area is 125 Å². The van der Waals surface area contributed by atoms with Gasteiger partial charge in [-0.1, -0.05) is 6.07 Å². The van der Waals surface area contributed by atoms with Gasteiger partial charge < -0.3 is 10.2 Å². The first-order valence-corrected chi connectivity index (χ1v) is 6.81. The second-order valence-electron chi connectivity index (χ2n) is 4.49. The average molecular weight is 337 g/mol. The van der Waals surface area contributed by atoms with Crippen LogP contribution in [0.15, 0.2) is 46.9 Å². The van der Waals surface area contributed by atoms with Crippen molar-refractivity contribution in [3.63, 3.8) is 0 Å². The molecule has 0 saturated carbocycles. The van der Waals surface area contributed by atoms with Crippen LogP contribution in [0.1, 0.15) is 10.4 Å². The van der Waals surface area contributed by atoms with E-state index in [0.717, 1.165) is 5.69 Å². The molecule has 2 rings (SSSR count). The molecule has 20 heavy (non-hydrogen) atoms. The lowest BCUT2D eigenvalue weighted by Gasteiger charge is -2.13. The number of hydrogen-bond acceptors (Lipinski definition) is 2. The van der Waals surface area contributed by atoms with Crippen LogP contribution in [0.4, 0.5) is 15.8 Å². The van der Waals surface area contributed by atoms with Crippen molar-refractivity contribution in [2.75, 3.05) is 24.3 Å². The van der Waals surface area contributed by atoms with E-state index in [0.29, 0.717) is 10.2 Å². The number of carbonyl (C=O) groups is 1. The Hall–Kier alpha value is -1.88. The second kappa shape index (κ2) is 6.05. The molecule has 5 heteroatoms. The number of benzene rings is 2. The van der Waals surface area contributed by atoms with Gasteiger partial charge in [-0.3, -0.25) is 4.79 Å². The highest BCUT2D eigenvalue weighted by Crippen LogP contribution is 2.22. The first kappa shape index (κ1) is 14.5. The van der Waals surface area contributed by atoms with Crippen LogP contribution >= 0.6 is 15.9 Å². The van der Waals surface area contributed by atoms with Crippen LogP contribution < -0.4 is 10.2 Å². The van der Waals surface area contributed by atoms with Crippen LogP contribution in [0.25, 0.3) is 0 Å². The SMILES string of the molecule is CN(C)c1ccc(NC(=O)c2c(F)cccc2Br)cc1. The molecule has 2 aromatic rings. The molecule has 0 aliphatic heterocycles. The third-order valence-corrected chi connectivity index (χ3v) is 3.49. The molecule has 1 amide bonds. The number of halogens is 2. The summed E-state index contributed by atoms with van der Waals surface area (Å²) in [5.74, 6) is -1.03. The zero-order valence-electron chi connectivity index (χ0n) is 11.2. The molecule has 0 atom stereocenters. The topological polar surface area (TPSA) is 32.3 Å². The fourth-order valence-electron chi connectivity index (χ4n) is 1.75. The highest BCUT2D eigenvalue weighted by molar-refractivity contribution is 9.10. The molecule has 0 saturated heterocycles. The number of anilines is 2. The van der Waals surface area contributed by atoms with E-state index in [1.54, 1.807) is 24.3 Å². The molecule has 3 nitrogen and oxygen atoms in total. The van der Waals surface area contributed by atoms with Crippen molar-refractivity contribution in [3.8, 4) is 0 Å². The van der Waals surface area contributed by atoms with Gasteiger partial charge in [0.05, 0.1) is 5.56 Å². The summed E-state index contributed by atoms with van der Waals surface area (Å²) in [5, 5.41) is 2.68. The van der Waals surface area contributed by atoms with E-state index in [2.05, 4.69) is 21.2 Å². The third kappa shape index (κ3) is 3.17. The third-order valence-electron chi connectivity index (χ3n) is 2.83. The second-order valence-corrected chi connectivity index (χ2v) is 5.35. The standard InChI is InChI=1S/C15H14BrFN2O/c1-19(2)11-8-6-10(7-9-11)18-15(20)14-12(16)4-3-5-13(14)17/h3-9H,1-2H3,(H,18,20). The van der Waals surface area contributed by atoms with Gasteiger partial charge in [0.25, 0.3) is 5.91 Å². The molecular weight excluding hydrogens is 323 g/mol. The van der Waals surface area contributed by atoms with Gasteiger partial charge in [-0.05, 0) is 52.3 Å². The molecule has 0 aliphatic rings. The Morgan fingerprint density at radius 3 is 2.35 bits per heavy atom. The molecule has 0 fully saturated rings. The molecule has 1 N–H and O–H groups in total. The van der Waals surface area contributed by atoms with Crippen LogP contribution in [0.3, 0.4) is 0 Å². The zero-order valence-corrected chi connectivity index (χ0v) is 12.7. The maximum Gasteiger partial charge on any atom is 0.259 e. The Balaban J connectivity index is 2.19. The van der Waals surface area contributed by atoms with Gasteiger partial charge in [0.1, 0.15) is 5.82 Å². The van der Waals surface area contributed by atoms with Crippen LogP contribution in [-0.4, -0.2) is 20.0 Å². The molecular formula is C15H14BrFN2O. The van der Waals surface area contributed by atoms with Gasteiger partial charge in [-0.15, -0.1) is 0 Å². The molecule has 0 aromatic heterocycles. The van der Waals surface area contributed by atoms with Crippen molar-refractivity contribution in [2.24, 2.45) is 0 Å². The highest BCUT2D eigenvalue weighted by Gasteiger charge is 2.15. The summed E-state index contributed by atoms with van der Waals surface area (Å²) in [6.07, 6.45) is 0. The lowest BCUT2D eigenvalue weighted by atomic mass is 10.2. The first-order valence-electron chi connectivity index (χ1n) is 6.02. The fourth-order valence-corrected chi connectivity index (χ4v) is 2.27. The molecule has 2 aromatic carbocycles. The maximum atomic E-state index is 13.7. The van der Waals surface area contributed by atoms with Crippen molar-refractivity contribution in [2.45, 2.75) is 0 Å². The molecule has 0 radical (unpaired) electrons. The Bertz CT molecular complexity index is 606. The minimum absolute atomic E-state index is 0.00388. The van der Waals surface area contributed by atoms with E-state index in [4.69, 9.17) is 0 Å². The van der Waals surface area contributed by atoms with E-state index in [9.17, 15) is 9.18 Å². The van der Waals surface area contributed by atoms with Gasteiger partial charge in [0.15, 0.2) is 0 Å². The minimum atomic E-state index is -0.554. The largest absolute Gasteiger partial charge is 0.378 e. The summed E-state index contributed by atoms with van der Waals surface area (Å²) >= 11 is 3.18. The highest BCUT2D eigenvalue weighted by atomic mass is 79.9. The van der Waals surface area contributed by atoms with Crippen molar-refractivity contribution in [3.05, 3.63) is 58.3 Å². The quantitative estimate of drug-likeness (QED) is 0.921. The maximum absolute atomic E-state index is 13.7. The first-order chi connectivity index (χ1) is 9.49. The number of nitrogens with one attached hydrogen (secondary N) is 1. The van der Waals surface area contributed by atoms with E-state index in [1.165, 1.54) is 6.07 Å². The normalized spacial score (nSPS) is 10.2. The van der Waals surface area contributed by atoms with Gasteiger partial charge in [-0.25, -0.2) is 4.39 Å². The summed E-state index contributed by atoms with van der Waals surface area (Å²) in [4.78, 5) is 14.0. The van der Waals surface area contributed by atoms with Crippen LogP contribution in [0.5, 0.6) is 0 Å². The lowest BCUT2D eigenvalue weighted by Crippen LogP contribution is -2.15. The monoisotopic (exact) mass is 336 g/mol. The molecule has 0 heterocycles. The Morgan fingerprint density at radius 2 is 1.80 bits per heavy atom. The number of nitrogens with zero attached hydrogens (tertiary/aromatic N) is 1. The Morgan fingerprint density at radius 1 is 1.15 bits per heavy atom. The summed E-state index contributed by atoms with van der Waals surface area (Å²) in [5.41, 5.74) is 1.65. The summed E-state index contributed by atoms with van der Waals surface area (Å²) < 4.78 is 14.1. The molecule has 0 aliphatic carbocycles. The molecule has 104 valence electrons. The smallest absolute Gasteiger partial charge is 0.259 e. The summed E-state index contributed by atoms with van der Waals surface area (Å²) in [7, 11) is 3.87. The predicted octanol–water partition coefficient (Wildman–Crippen LogP) is 3.91. The van der Waals surface area contributed by atoms with Gasteiger partial charge >= 0.3 is 0 Å². The molecule has 0 spiro atoms. The minimum Gasteiger partial charge on any atom is -0.378 e.